The highest BCUT2D eigenvalue weighted by Gasteiger charge is 2.32. The van der Waals surface area contributed by atoms with Crippen LogP contribution in [0.15, 0.2) is 35.2 Å². The van der Waals surface area contributed by atoms with Gasteiger partial charge in [-0.2, -0.15) is 0 Å². The maximum absolute atomic E-state index is 12.8. The minimum absolute atomic E-state index is 0.158. The topological polar surface area (TPSA) is 99.6 Å². The molecule has 1 fully saturated rings. The van der Waals surface area contributed by atoms with E-state index in [1.54, 1.807) is 29.8 Å². The van der Waals surface area contributed by atoms with Gasteiger partial charge in [-0.3, -0.25) is 9.59 Å². The molecule has 0 aliphatic carbocycles. The van der Waals surface area contributed by atoms with Gasteiger partial charge < -0.3 is 15.3 Å². The number of benzene rings is 1. The van der Waals surface area contributed by atoms with Gasteiger partial charge in [0.05, 0.1) is 11.2 Å². The van der Waals surface area contributed by atoms with Crippen LogP contribution in [0.5, 0.6) is 0 Å². The molecule has 1 aromatic carbocycles. The van der Waals surface area contributed by atoms with Crippen LogP contribution in [-0.4, -0.2) is 45.4 Å². The van der Waals surface area contributed by atoms with Gasteiger partial charge in [-0.15, -0.1) is 11.3 Å². The lowest BCUT2D eigenvalue weighted by atomic mass is 10.0. The third kappa shape index (κ3) is 4.91. The van der Waals surface area contributed by atoms with Crippen molar-refractivity contribution in [2.24, 2.45) is 0 Å². The SMILES string of the molecule is O=C(CCc1cscn1)Nc1cccc(C(=O)N2CCCCC2C(=O)O)c1. The van der Waals surface area contributed by atoms with Gasteiger partial charge in [0.15, 0.2) is 0 Å². The summed E-state index contributed by atoms with van der Waals surface area (Å²) >= 11 is 1.49. The first-order valence-electron chi connectivity index (χ1n) is 8.85. The molecule has 142 valence electrons. The molecule has 2 N–H and O–H groups in total. The highest BCUT2D eigenvalue weighted by Crippen LogP contribution is 2.21. The van der Waals surface area contributed by atoms with Crippen LogP contribution < -0.4 is 5.32 Å². The molecule has 0 bridgehead atoms. The second-order valence-corrected chi connectivity index (χ2v) is 7.18. The smallest absolute Gasteiger partial charge is 0.326 e. The number of nitrogens with one attached hydrogen (secondary N) is 1. The molecular weight excluding hydrogens is 366 g/mol. The summed E-state index contributed by atoms with van der Waals surface area (Å²) in [5, 5.41) is 14.1. The quantitative estimate of drug-likeness (QED) is 0.794. The number of piperidine rings is 1. The van der Waals surface area contributed by atoms with Crippen molar-refractivity contribution >= 4 is 34.8 Å². The van der Waals surface area contributed by atoms with Gasteiger partial charge >= 0.3 is 5.97 Å². The molecule has 7 nitrogen and oxygen atoms in total. The number of nitrogens with zero attached hydrogens (tertiary/aromatic N) is 2. The summed E-state index contributed by atoms with van der Waals surface area (Å²) < 4.78 is 0. The van der Waals surface area contributed by atoms with Crippen molar-refractivity contribution in [3.8, 4) is 0 Å². The number of hydrogen-bond donors (Lipinski definition) is 2. The van der Waals surface area contributed by atoms with Gasteiger partial charge in [0.25, 0.3) is 5.91 Å². The molecule has 3 rings (SSSR count). The number of carbonyl (C=O) groups excluding carboxylic acids is 2. The van der Waals surface area contributed by atoms with Crippen LogP contribution in [0.3, 0.4) is 0 Å². The number of thiazole rings is 1. The molecule has 1 aliphatic heterocycles. The monoisotopic (exact) mass is 387 g/mol. The van der Waals surface area contributed by atoms with E-state index in [2.05, 4.69) is 10.3 Å². The fourth-order valence-corrected chi connectivity index (χ4v) is 3.75. The molecule has 1 unspecified atom stereocenters. The number of aryl methyl sites for hydroxylation is 1. The van der Waals surface area contributed by atoms with Crippen molar-refractivity contribution in [3.05, 3.63) is 46.4 Å². The lowest BCUT2D eigenvalue weighted by Crippen LogP contribution is -2.48. The summed E-state index contributed by atoms with van der Waals surface area (Å²) in [5.41, 5.74) is 3.50. The van der Waals surface area contributed by atoms with Gasteiger partial charge in [0.1, 0.15) is 6.04 Å². The average molecular weight is 387 g/mol. The van der Waals surface area contributed by atoms with Crippen molar-refractivity contribution < 1.29 is 19.5 Å². The summed E-state index contributed by atoms with van der Waals surface area (Å²) in [7, 11) is 0. The third-order valence-electron chi connectivity index (χ3n) is 4.53. The number of likely N-dealkylation sites (tertiary alicyclic amines) is 1. The Labute approximate surface area is 161 Å². The number of anilines is 1. The normalized spacial score (nSPS) is 16.7. The molecule has 1 atom stereocenters. The Morgan fingerprint density at radius 1 is 1.30 bits per heavy atom. The zero-order valence-corrected chi connectivity index (χ0v) is 15.6. The van der Waals surface area contributed by atoms with Gasteiger partial charge in [-0.25, -0.2) is 9.78 Å². The second kappa shape index (κ2) is 8.77. The van der Waals surface area contributed by atoms with Crippen LogP contribution in [0, 0.1) is 0 Å². The maximum Gasteiger partial charge on any atom is 0.326 e. The van der Waals surface area contributed by atoms with Crippen molar-refractivity contribution in [3.63, 3.8) is 0 Å². The molecule has 1 aliphatic rings. The van der Waals surface area contributed by atoms with Gasteiger partial charge in [0.2, 0.25) is 5.91 Å². The standard InChI is InChI=1S/C19H21N3O4S/c23-17(8-7-15-11-27-12-20-15)21-14-5-3-4-13(10-14)18(24)22-9-2-1-6-16(22)19(25)26/h3-5,10-12,16H,1-2,6-9H2,(H,21,23)(H,25,26). The molecular formula is C19H21N3O4S. The number of carboxylic acids is 1. The van der Waals surface area contributed by atoms with E-state index in [9.17, 15) is 19.5 Å². The minimum Gasteiger partial charge on any atom is -0.480 e. The van der Waals surface area contributed by atoms with E-state index >= 15 is 0 Å². The summed E-state index contributed by atoms with van der Waals surface area (Å²) in [5.74, 6) is -1.45. The summed E-state index contributed by atoms with van der Waals surface area (Å²) in [6, 6.07) is 5.84. The largest absolute Gasteiger partial charge is 0.480 e. The van der Waals surface area contributed by atoms with E-state index in [1.807, 2.05) is 5.38 Å². The summed E-state index contributed by atoms with van der Waals surface area (Å²) in [6.07, 6.45) is 2.92. The first-order valence-corrected chi connectivity index (χ1v) is 9.79. The molecule has 0 saturated carbocycles. The molecule has 1 aromatic heterocycles. The lowest BCUT2D eigenvalue weighted by molar-refractivity contribution is -0.143. The predicted molar refractivity (Wildman–Crippen MR) is 102 cm³/mol. The Morgan fingerprint density at radius 3 is 2.89 bits per heavy atom. The first-order chi connectivity index (χ1) is 13.0. The van der Waals surface area contributed by atoms with Gasteiger partial charge in [0, 0.05) is 29.6 Å². The number of carbonyl (C=O) groups is 3. The highest BCUT2D eigenvalue weighted by molar-refractivity contribution is 7.07. The van der Waals surface area contributed by atoms with Crippen LogP contribution in [0.1, 0.15) is 41.7 Å². The molecule has 2 aromatic rings. The second-order valence-electron chi connectivity index (χ2n) is 6.46. The van der Waals surface area contributed by atoms with Gasteiger partial charge in [-0.05, 0) is 43.9 Å². The summed E-state index contributed by atoms with van der Waals surface area (Å²) in [4.78, 5) is 41.9. The molecule has 2 amide bonds. The lowest BCUT2D eigenvalue weighted by Gasteiger charge is -2.33. The molecule has 0 spiro atoms. The highest BCUT2D eigenvalue weighted by atomic mass is 32.1. The van der Waals surface area contributed by atoms with Crippen LogP contribution >= 0.6 is 11.3 Å². The third-order valence-corrected chi connectivity index (χ3v) is 5.17. The minimum atomic E-state index is -0.977. The number of aromatic nitrogens is 1. The van der Waals surface area contributed by atoms with Crippen LogP contribution in [0.2, 0.25) is 0 Å². The fraction of sp³-hybridized carbons (Fsp3) is 0.368. The molecule has 8 heteroatoms. The Balaban J connectivity index is 1.64. The van der Waals surface area contributed by atoms with E-state index < -0.39 is 12.0 Å². The Bertz CT molecular complexity index is 822. The molecule has 2 heterocycles. The predicted octanol–water partition coefficient (Wildman–Crippen LogP) is 2.79. The number of aliphatic carboxylic acids is 1. The maximum atomic E-state index is 12.8. The van der Waals surface area contributed by atoms with Gasteiger partial charge in [-0.1, -0.05) is 6.07 Å². The van der Waals surface area contributed by atoms with Crippen molar-refractivity contribution in [1.82, 2.24) is 9.88 Å². The van der Waals surface area contributed by atoms with Crippen LogP contribution in [-0.2, 0) is 16.0 Å². The van der Waals surface area contributed by atoms with Crippen molar-refractivity contribution in [2.45, 2.75) is 38.1 Å². The molecule has 1 saturated heterocycles. The summed E-state index contributed by atoms with van der Waals surface area (Å²) in [6.45, 7) is 0.431. The number of carboxylic acid groups (broad SMARTS) is 1. The Kier molecular flexibility index (Phi) is 6.18. The number of amides is 2. The van der Waals surface area contributed by atoms with E-state index in [0.29, 0.717) is 37.1 Å². The zero-order chi connectivity index (χ0) is 19.2. The van der Waals surface area contributed by atoms with Crippen molar-refractivity contribution in [2.75, 3.05) is 11.9 Å². The molecule has 0 radical (unpaired) electrons. The average Bonchev–Trinajstić information content (AvgIpc) is 3.19. The Hall–Kier alpha value is -2.74. The molecule has 27 heavy (non-hydrogen) atoms. The van der Waals surface area contributed by atoms with Crippen molar-refractivity contribution in [1.29, 1.82) is 0 Å². The number of rotatable bonds is 6. The first kappa shape index (κ1) is 19.0. The van der Waals surface area contributed by atoms with E-state index in [-0.39, 0.29) is 11.8 Å². The van der Waals surface area contributed by atoms with E-state index in [0.717, 1.165) is 18.5 Å². The Morgan fingerprint density at radius 2 is 2.15 bits per heavy atom. The fourth-order valence-electron chi connectivity index (χ4n) is 3.15. The van der Waals surface area contributed by atoms with Crippen LogP contribution in [0.4, 0.5) is 5.69 Å². The van der Waals surface area contributed by atoms with E-state index in [1.165, 1.54) is 16.2 Å². The number of hydrogen-bond acceptors (Lipinski definition) is 5. The van der Waals surface area contributed by atoms with E-state index in [4.69, 9.17) is 0 Å². The van der Waals surface area contributed by atoms with Crippen LogP contribution in [0.25, 0.3) is 0 Å². The zero-order valence-electron chi connectivity index (χ0n) is 14.8.